The zero-order valence-corrected chi connectivity index (χ0v) is 10.2. The maximum atomic E-state index is 10.3. The maximum absolute atomic E-state index is 10.3. The van der Waals surface area contributed by atoms with Crippen molar-refractivity contribution in [1.29, 1.82) is 0 Å². The Hall–Kier alpha value is -1.71. The molecular weight excluding hydrogens is 252 g/mol. The SMILES string of the molecule is OC(c1ccc2c(c1)OCO2)c1ccccc1Cl. The fourth-order valence-corrected chi connectivity index (χ4v) is 2.20. The number of halogens is 1. The molecule has 4 heteroatoms. The van der Waals surface area contributed by atoms with E-state index in [4.69, 9.17) is 21.1 Å². The van der Waals surface area contributed by atoms with Crippen molar-refractivity contribution in [2.75, 3.05) is 6.79 Å². The molecule has 1 heterocycles. The predicted octanol–water partition coefficient (Wildman–Crippen LogP) is 3.15. The molecule has 1 atom stereocenters. The molecule has 2 aromatic rings. The molecule has 0 aromatic heterocycles. The smallest absolute Gasteiger partial charge is 0.231 e. The molecule has 3 nitrogen and oxygen atoms in total. The number of hydrogen-bond donors (Lipinski definition) is 1. The molecule has 0 fully saturated rings. The zero-order valence-electron chi connectivity index (χ0n) is 9.47. The second-order valence-corrected chi connectivity index (χ2v) is 4.44. The number of benzene rings is 2. The van der Waals surface area contributed by atoms with Gasteiger partial charge in [0.2, 0.25) is 6.79 Å². The van der Waals surface area contributed by atoms with E-state index in [2.05, 4.69) is 0 Å². The van der Waals surface area contributed by atoms with Crippen LogP contribution in [0.5, 0.6) is 11.5 Å². The lowest BCUT2D eigenvalue weighted by Crippen LogP contribution is -2.00. The number of hydrogen-bond acceptors (Lipinski definition) is 3. The average Bonchev–Trinajstić information content (AvgIpc) is 2.85. The molecule has 0 radical (unpaired) electrons. The van der Waals surface area contributed by atoms with Crippen LogP contribution in [0.2, 0.25) is 5.02 Å². The Balaban J connectivity index is 1.98. The van der Waals surface area contributed by atoms with Crippen molar-refractivity contribution in [3.05, 3.63) is 58.6 Å². The molecule has 0 saturated heterocycles. The molecule has 0 spiro atoms. The van der Waals surface area contributed by atoms with Gasteiger partial charge in [0.15, 0.2) is 11.5 Å². The van der Waals surface area contributed by atoms with Gasteiger partial charge in [-0.05, 0) is 23.8 Å². The summed E-state index contributed by atoms with van der Waals surface area (Å²) in [5, 5.41) is 10.9. The average molecular weight is 263 g/mol. The molecule has 0 amide bonds. The topological polar surface area (TPSA) is 38.7 Å². The minimum absolute atomic E-state index is 0.223. The van der Waals surface area contributed by atoms with Gasteiger partial charge in [-0.1, -0.05) is 35.9 Å². The molecule has 1 unspecified atom stereocenters. The molecule has 1 aliphatic heterocycles. The second-order valence-electron chi connectivity index (χ2n) is 4.04. The monoisotopic (exact) mass is 262 g/mol. The van der Waals surface area contributed by atoms with Crippen LogP contribution < -0.4 is 9.47 Å². The minimum Gasteiger partial charge on any atom is -0.454 e. The fraction of sp³-hybridized carbons (Fsp3) is 0.143. The number of aliphatic hydroxyl groups excluding tert-OH is 1. The van der Waals surface area contributed by atoms with E-state index in [1.165, 1.54) is 0 Å². The lowest BCUT2D eigenvalue weighted by molar-refractivity contribution is 0.173. The Kier molecular flexibility index (Phi) is 2.86. The van der Waals surface area contributed by atoms with Gasteiger partial charge in [0.1, 0.15) is 6.10 Å². The molecular formula is C14H11ClO3. The van der Waals surface area contributed by atoms with Crippen molar-refractivity contribution in [1.82, 2.24) is 0 Å². The zero-order chi connectivity index (χ0) is 12.5. The third-order valence-corrected chi connectivity index (χ3v) is 3.26. The summed E-state index contributed by atoms with van der Waals surface area (Å²) in [6, 6.07) is 12.6. The van der Waals surface area contributed by atoms with Gasteiger partial charge in [-0.2, -0.15) is 0 Å². The second kappa shape index (κ2) is 4.52. The Morgan fingerprint density at radius 3 is 2.67 bits per heavy atom. The molecule has 92 valence electrons. The van der Waals surface area contributed by atoms with E-state index >= 15 is 0 Å². The van der Waals surface area contributed by atoms with Gasteiger partial charge < -0.3 is 14.6 Å². The van der Waals surface area contributed by atoms with Crippen molar-refractivity contribution < 1.29 is 14.6 Å². The van der Waals surface area contributed by atoms with Crippen LogP contribution in [0.4, 0.5) is 0 Å². The molecule has 2 aromatic carbocycles. The van der Waals surface area contributed by atoms with Crippen molar-refractivity contribution >= 4 is 11.6 Å². The van der Waals surface area contributed by atoms with E-state index in [1.54, 1.807) is 24.3 Å². The van der Waals surface area contributed by atoms with E-state index in [-0.39, 0.29) is 6.79 Å². The van der Waals surface area contributed by atoms with Gasteiger partial charge >= 0.3 is 0 Å². The number of rotatable bonds is 2. The quantitative estimate of drug-likeness (QED) is 0.904. The van der Waals surface area contributed by atoms with Gasteiger partial charge in [-0.3, -0.25) is 0 Å². The molecule has 1 N–H and O–H groups in total. The minimum atomic E-state index is -0.770. The Morgan fingerprint density at radius 1 is 1.06 bits per heavy atom. The standard InChI is InChI=1S/C14H11ClO3/c15-11-4-2-1-3-10(11)14(16)9-5-6-12-13(7-9)18-8-17-12/h1-7,14,16H,8H2. The number of ether oxygens (including phenoxy) is 2. The Labute approximate surface area is 110 Å². The largest absolute Gasteiger partial charge is 0.454 e. The summed E-state index contributed by atoms with van der Waals surface area (Å²) in [6.45, 7) is 0.223. The van der Waals surface area contributed by atoms with Gasteiger partial charge in [0.05, 0.1) is 0 Å². The summed E-state index contributed by atoms with van der Waals surface area (Å²) in [7, 11) is 0. The molecule has 0 bridgehead atoms. The summed E-state index contributed by atoms with van der Waals surface area (Å²) < 4.78 is 10.5. The van der Waals surface area contributed by atoms with E-state index in [1.807, 2.05) is 18.2 Å². The van der Waals surface area contributed by atoms with Crippen molar-refractivity contribution in [3.8, 4) is 11.5 Å². The van der Waals surface area contributed by atoms with Crippen LogP contribution in [0.1, 0.15) is 17.2 Å². The number of aliphatic hydroxyl groups is 1. The molecule has 0 saturated carbocycles. The van der Waals surface area contributed by atoms with Crippen LogP contribution in [-0.2, 0) is 0 Å². The van der Waals surface area contributed by atoms with Gasteiger partial charge in [-0.25, -0.2) is 0 Å². The highest BCUT2D eigenvalue weighted by molar-refractivity contribution is 6.31. The van der Waals surface area contributed by atoms with Crippen LogP contribution in [0.3, 0.4) is 0 Å². The van der Waals surface area contributed by atoms with Gasteiger partial charge in [0, 0.05) is 10.6 Å². The van der Waals surface area contributed by atoms with Crippen LogP contribution in [-0.4, -0.2) is 11.9 Å². The third-order valence-electron chi connectivity index (χ3n) is 2.91. The summed E-state index contributed by atoms with van der Waals surface area (Å²) in [6.07, 6.45) is -0.770. The van der Waals surface area contributed by atoms with E-state index < -0.39 is 6.10 Å². The first-order valence-corrected chi connectivity index (χ1v) is 5.95. The molecule has 18 heavy (non-hydrogen) atoms. The van der Waals surface area contributed by atoms with Crippen molar-refractivity contribution in [2.24, 2.45) is 0 Å². The highest BCUT2D eigenvalue weighted by atomic mass is 35.5. The lowest BCUT2D eigenvalue weighted by Gasteiger charge is -2.13. The van der Waals surface area contributed by atoms with Crippen molar-refractivity contribution in [2.45, 2.75) is 6.10 Å². The summed E-state index contributed by atoms with van der Waals surface area (Å²) >= 11 is 6.07. The normalized spacial score (nSPS) is 14.6. The summed E-state index contributed by atoms with van der Waals surface area (Å²) in [4.78, 5) is 0. The number of fused-ring (bicyclic) bond motifs is 1. The van der Waals surface area contributed by atoms with Gasteiger partial charge in [-0.15, -0.1) is 0 Å². The lowest BCUT2D eigenvalue weighted by atomic mass is 10.0. The molecule has 1 aliphatic rings. The van der Waals surface area contributed by atoms with Crippen LogP contribution >= 0.6 is 11.6 Å². The maximum Gasteiger partial charge on any atom is 0.231 e. The first kappa shape index (κ1) is 11.4. The molecule has 0 aliphatic carbocycles. The molecule has 3 rings (SSSR count). The summed E-state index contributed by atoms with van der Waals surface area (Å²) in [5.74, 6) is 1.35. The van der Waals surface area contributed by atoms with Crippen LogP contribution in [0.25, 0.3) is 0 Å². The third kappa shape index (κ3) is 1.92. The Bertz CT molecular complexity index is 583. The highest BCUT2D eigenvalue weighted by Gasteiger charge is 2.18. The van der Waals surface area contributed by atoms with Crippen LogP contribution in [0, 0.1) is 0 Å². The predicted molar refractivity (Wildman–Crippen MR) is 68.1 cm³/mol. The first-order valence-electron chi connectivity index (χ1n) is 5.58. The fourth-order valence-electron chi connectivity index (χ4n) is 1.96. The first-order chi connectivity index (χ1) is 8.75. The van der Waals surface area contributed by atoms with Crippen LogP contribution in [0.15, 0.2) is 42.5 Å². The van der Waals surface area contributed by atoms with E-state index in [0.717, 1.165) is 5.56 Å². The van der Waals surface area contributed by atoms with E-state index in [0.29, 0.717) is 22.1 Å². The highest BCUT2D eigenvalue weighted by Crippen LogP contribution is 2.36. The Morgan fingerprint density at radius 2 is 1.83 bits per heavy atom. The van der Waals surface area contributed by atoms with Gasteiger partial charge in [0.25, 0.3) is 0 Å². The van der Waals surface area contributed by atoms with Crippen molar-refractivity contribution in [3.63, 3.8) is 0 Å². The summed E-state index contributed by atoms with van der Waals surface area (Å²) in [5.41, 5.74) is 1.41. The van der Waals surface area contributed by atoms with E-state index in [9.17, 15) is 5.11 Å².